The zero-order valence-corrected chi connectivity index (χ0v) is 17.5. The Hall–Kier alpha value is -3.57. The Morgan fingerprint density at radius 2 is 1.94 bits per heavy atom. The van der Waals surface area contributed by atoms with Crippen molar-refractivity contribution >= 4 is 17.1 Å². The number of nitrogens with one attached hydrogen (secondary N) is 1. The number of hydrogen-bond donors (Lipinski definition) is 1. The Kier molecular flexibility index (Phi) is 6.70. The first kappa shape index (κ1) is 23.1. The fourth-order valence-corrected chi connectivity index (χ4v) is 3.18. The van der Waals surface area contributed by atoms with Crippen molar-refractivity contribution in [1.29, 1.82) is 0 Å². The predicted octanol–water partition coefficient (Wildman–Crippen LogP) is 1.47. The third-order valence-corrected chi connectivity index (χ3v) is 4.81. The largest absolute Gasteiger partial charge is 0.484 e. The number of carbonyl (C=O) groups is 1. The highest BCUT2D eigenvalue weighted by atomic mass is 19.4. The molecule has 0 aliphatic heterocycles. The van der Waals surface area contributed by atoms with Crippen LogP contribution in [0.1, 0.15) is 18.4 Å². The predicted molar refractivity (Wildman–Crippen MR) is 109 cm³/mol. The number of rotatable bonds is 8. The van der Waals surface area contributed by atoms with Gasteiger partial charge in [0.05, 0.1) is 6.33 Å². The number of ether oxygens (including phenoxy) is 1. The molecule has 1 N–H and O–H groups in total. The lowest BCUT2D eigenvalue weighted by Crippen LogP contribution is -2.37. The standard InChI is InChI=1S/C20H22F3N5O4/c1-26-17-16(18(30)27(2)19(26)31)28(12-25-17)8-4-7-15(29)24-10-13-5-3-6-14(9-13)32-11-20(21,22)23/h3,5-6,9,12H,4,7-8,10-11H2,1-2H3,(H,24,29). The van der Waals surface area contributed by atoms with Crippen molar-refractivity contribution in [2.75, 3.05) is 6.61 Å². The van der Waals surface area contributed by atoms with E-state index in [1.807, 2.05) is 0 Å². The molecule has 9 nitrogen and oxygen atoms in total. The van der Waals surface area contributed by atoms with Crippen LogP contribution in [0.4, 0.5) is 13.2 Å². The van der Waals surface area contributed by atoms with Gasteiger partial charge in [0.2, 0.25) is 5.91 Å². The van der Waals surface area contributed by atoms with Gasteiger partial charge in [0.25, 0.3) is 5.56 Å². The Labute approximate surface area is 180 Å². The van der Waals surface area contributed by atoms with Crippen LogP contribution in [0.5, 0.6) is 5.75 Å². The van der Waals surface area contributed by atoms with Crippen molar-refractivity contribution in [2.45, 2.75) is 32.1 Å². The first-order valence-corrected chi connectivity index (χ1v) is 9.73. The van der Waals surface area contributed by atoms with E-state index in [0.717, 1.165) is 4.57 Å². The maximum atomic E-state index is 12.4. The van der Waals surface area contributed by atoms with Gasteiger partial charge in [-0.2, -0.15) is 13.2 Å². The highest BCUT2D eigenvalue weighted by Gasteiger charge is 2.28. The van der Waals surface area contributed by atoms with Crippen LogP contribution in [0.2, 0.25) is 0 Å². The van der Waals surface area contributed by atoms with E-state index in [2.05, 4.69) is 10.3 Å². The minimum Gasteiger partial charge on any atom is -0.484 e. The van der Waals surface area contributed by atoms with Crippen LogP contribution in [0, 0.1) is 0 Å². The lowest BCUT2D eigenvalue weighted by atomic mass is 10.2. The molecule has 0 aliphatic carbocycles. The molecule has 2 heterocycles. The number of nitrogens with zero attached hydrogens (tertiary/aromatic N) is 4. The van der Waals surface area contributed by atoms with Gasteiger partial charge in [0.15, 0.2) is 17.8 Å². The van der Waals surface area contributed by atoms with Crippen molar-refractivity contribution in [3.63, 3.8) is 0 Å². The van der Waals surface area contributed by atoms with E-state index in [1.54, 1.807) is 16.7 Å². The molecule has 0 unspecified atom stereocenters. The number of fused-ring (bicyclic) bond motifs is 1. The monoisotopic (exact) mass is 453 g/mol. The third kappa shape index (κ3) is 5.37. The number of benzene rings is 1. The number of amides is 1. The molecule has 3 aromatic rings. The molecule has 172 valence electrons. The maximum absolute atomic E-state index is 12.4. The Bertz CT molecular complexity index is 1240. The van der Waals surface area contributed by atoms with Gasteiger partial charge in [0.1, 0.15) is 5.75 Å². The summed E-state index contributed by atoms with van der Waals surface area (Å²) in [6, 6.07) is 6.06. The zero-order chi connectivity index (χ0) is 23.5. The summed E-state index contributed by atoms with van der Waals surface area (Å²) in [5.74, 6) is -0.187. The van der Waals surface area contributed by atoms with Gasteiger partial charge in [-0.3, -0.25) is 18.7 Å². The second kappa shape index (κ2) is 9.28. The summed E-state index contributed by atoms with van der Waals surface area (Å²) in [5.41, 5.74) is 0.224. The van der Waals surface area contributed by atoms with Crippen LogP contribution in [0.25, 0.3) is 11.2 Å². The molecule has 1 aromatic carbocycles. The number of imidazole rings is 1. The topological polar surface area (TPSA) is 100 Å². The van der Waals surface area contributed by atoms with E-state index < -0.39 is 24.0 Å². The van der Waals surface area contributed by atoms with Gasteiger partial charge in [-0.25, -0.2) is 9.78 Å². The summed E-state index contributed by atoms with van der Waals surface area (Å²) in [6.45, 7) is -0.903. The first-order valence-electron chi connectivity index (χ1n) is 9.73. The molecule has 0 aliphatic rings. The molecule has 2 aromatic heterocycles. The quantitative estimate of drug-likeness (QED) is 0.557. The summed E-state index contributed by atoms with van der Waals surface area (Å²) in [5, 5.41) is 2.70. The van der Waals surface area contributed by atoms with Crippen LogP contribution >= 0.6 is 0 Å². The van der Waals surface area contributed by atoms with E-state index in [0.29, 0.717) is 18.5 Å². The fourth-order valence-electron chi connectivity index (χ4n) is 3.18. The van der Waals surface area contributed by atoms with Gasteiger partial charge in [-0.1, -0.05) is 12.1 Å². The van der Waals surface area contributed by atoms with Crippen LogP contribution < -0.4 is 21.3 Å². The van der Waals surface area contributed by atoms with Crippen molar-refractivity contribution in [3.8, 4) is 5.75 Å². The lowest BCUT2D eigenvalue weighted by molar-refractivity contribution is -0.153. The fraction of sp³-hybridized carbons (Fsp3) is 0.400. The van der Waals surface area contributed by atoms with E-state index in [-0.39, 0.29) is 35.8 Å². The molecule has 12 heteroatoms. The summed E-state index contributed by atoms with van der Waals surface area (Å²) in [4.78, 5) is 40.6. The Balaban J connectivity index is 1.53. The molecular formula is C20H22F3N5O4. The van der Waals surface area contributed by atoms with Gasteiger partial charge in [0, 0.05) is 33.6 Å². The first-order chi connectivity index (χ1) is 15.1. The summed E-state index contributed by atoms with van der Waals surface area (Å²) in [6.07, 6.45) is -2.40. The van der Waals surface area contributed by atoms with Crippen LogP contribution in [0.3, 0.4) is 0 Å². The summed E-state index contributed by atoms with van der Waals surface area (Å²) >= 11 is 0. The van der Waals surface area contributed by atoms with Gasteiger partial charge in [-0.05, 0) is 24.1 Å². The van der Waals surface area contributed by atoms with E-state index in [4.69, 9.17) is 4.74 Å². The number of halogens is 3. The molecule has 0 bridgehead atoms. The van der Waals surface area contributed by atoms with Crippen LogP contribution in [-0.4, -0.2) is 37.4 Å². The molecule has 1 amide bonds. The molecule has 0 spiro atoms. The second-order valence-corrected chi connectivity index (χ2v) is 7.25. The third-order valence-electron chi connectivity index (χ3n) is 4.81. The smallest absolute Gasteiger partial charge is 0.422 e. The minimum atomic E-state index is -4.43. The second-order valence-electron chi connectivity index (χ2n) is 7.25. The van der Waals surface area contributed by atoms with Crippen molar-refractivity contribution in [3.05, 3.63) is 57.0 Å². The molecule has 0 atom stereocenters. The minimum absolute atomic E-state index is 0.0667. The van der Waals surface area contributed by atoms with E-state index in [9.17, 15) is 27.6 Å². The average molecular weight is 453 g/mol. The molecular weight excluding hydrogens is 431 g/mol. The SMILES string of the molecule is Cn1c(=O)c2c(ncn2CCCC(=O)NCc2cccc(OCC(F)(F)F)c2)n(C)c1=O. The Morgan fingerprint density at radius 3 is 2.66 bits per heavy atom. The molecule has 3 rings (SSSR count). The molecule has 0 fully saturated rings. The number of aromatic nitrogens is 4. The van der Waals surface area contributed by atoms with Crippen molar-refractivity contribution in [2.24, 2.45) is 14.1 Å². The Morgan fingerprint density at radius 1 is 1.19 bits per heavy atom. The van der Waals surface area contributed by atoms with Crippen LogP contribution in [-0.2, 0) is 32.0 Å². The highest BCUT2D eigenvalue weighted by Crippen LogP contribution is 2.19. The zero-order valence-electron chi connectivity index (χ0n) is 17.5. The van der Waals surface area contributed by atoms with Gasteiger partial charge < -0.3 is 14.6 Å². The molecule has 32 heavy (non-hydrogen) atoms. The van der Waals surface area contributed by atoms with Crippen LogP contribution in [0.15, 0.2) is 40.2 Å². The average Bonchev–Trinajstić information content (AvgIpc) is 3.17. The van der Waals surface area contributed by atoms with Crippen molar-refractivity contribution < 1.29 is 22.7 Å². The molecule has 0 saturated carbocycles. The summed E-state index contributed by atoms with van der Waals surface area (Å²) < 4.78 is 45.4. The van der Waals surface area contributed by atoms with E-state index >= 15 is 0 Å². The van der Waals surface area contributed by atoms with Crippen molar-refractivity contribution in [1.82, 2.24) is 24.0 Å². The van der Waals surface area contributed by atoms with E-state index in [1.165, 1.54) is 37.1 Å². The number of alkyl halides is 3. The lowest BCUT2D eigenvalue weighted by Gasteiger charge is -2.11. The summed E-state index contributed by atoms with van der Waals surface area (Å²) in [7, 11) is 2.91. The van der Waals surface area contributed by atoms with Gasteiger partial charge >= 0.3 is 11.9 Å². The normalized spacial score (nSPS) is 11.7. The molecule has 0 saturated heterocycles. The number of carbonyl (C=O) groups excluding carboxylic acids is 1. The number of hydrogen-bond acceptors (Lipinski definition) is 5. The highest BCUT2D eigenvalue weighted by molar-refractivity contribution is 5.76. The maximum Gasteiger partial charge on any atom is 0.422 e. The number of aryl methyl sites for hydroxylation is 2. The molecule has 0 radical (unpaired) electrons. The van der Waals surface area contributed by atoms with Gasteiger partial charge in [-0.15, -0.1) is 0 Å².